The molecule has 2 heterocycles. The van der Waals surface area contributed by atoms with Gasteiger partial charge in [0.15, 0.2) is 0 Å². The Morgan fingerprint density at radius 1 is 1.17 bits per heavy atom. The van der Waals surface area contributed by atoms with Crippen molar-refractivity contribution in [1.29, 1.82) is 0 Å². The summed E-state index contributed by atoms with van der Waals surface area (Å²) >= 11 is 0. The summed E-state index contributed by atoms with van der Waals surface area (Å²) < 4.78 is 15.0. The van der Waals surface area contributed by atoms with E-state index < -0.39 is 0 Å². The van der Waals surface area contributed by atoms with Crippen molar-refractivity contribution in [3.05, 3.63) is 48.0 Å². The zero-order valence-corrected chi connectivity index (χ0v) is 14.5. The summed E-state index contributed by atoms with van der Waals surface area (Å²) in [6.07, 6.45) is 8.64. The maximum Gasteiger partial charge on any atom is 0.143 e. The minimum absolute atomic E-state index is 0.795. The molecule has 6 heteroatoms. The topological polar surface area (TPSA) is 54.1 Å². The van der Waals surface area contributed by atoms with Crippen LogP contribution in [0.4, 0.5) is 0 Å². The van der Waals surface area contributed by atoms with Gasteiger partial charge in [0.05, 0.1) is 26.0 Å². The molecule has 0 radical (unpaired) electrons. The normalized spacial score (nSPS) is 10.8. The van der Waals surface area contributed by atoms with Crippen LogP contribution in [-0.4, -0.2) is 33.6 Å². The van der Waals surface area contributed by atoms with E-state index in [-0.39, 0.29) is 0 Å². The first-order valence-corrected chi connectivity index (χ1v) is 7.84. The van der Waals surface area contributed by atoms with Gasteiger partial charge in [0.2, 0.25) is 0 Å². The fourth-order valence-electron chi connectivity index (χ4n) is 2.92. The standard InChI is InChI=1S/C18H22N4O2/c1-13-16(23-3)6-5-15(17(13)24-4)18-19-8-10-22(18)9-7-14-11-20-21(2)12-14/h5-6,8,10-12H,7,9H2,1-4H3. The Morgan fingerprint density at radius 3 is 2.67 bits per heavy atom. The molecule has 0 unspecified atom stereocenters. The van der Waals surface area contributed by atoms with Crippen LogP contribution in [0.2, 0.25) is 0 Å². The van der Waals surface area contributed by atoms with Crippen molar-refractivity contribution in [2.24, 2.45) is 7.05 Å². The number of aryl methyl sites for hydroxylation is 3. The number of methoxy groups -OCH3 is 2. The van der Waals surface area contributed by atoms with Gasteiger partial charge in [-0.2, -0.15) is 5.10 Å². The lowest BCUT2D eigenvalue weighted by Crippen LogP contribution is -2.04. The van der Waals surface area contributed by atoms with Crippen LogP contribution in [0.3, 0.4) is 0 Å². The fourth-order valence-corrected chi connectivity index (χ4v) is 2.92. The Morgan fingerprint density at radius 2 is 2.00 bits per heavy atom. The van der Waals surface area contributed by atoms with E-state index in [0.29, 0.717) is 0 Å². The molecule has 0 aliphatic rings. The van der Waals surface area contributed by atoms with E-state index in [2.05, 4.69) is 14.6 Å². The lowest BCUT2D eigenvalue weighted by Gasteiger charge is -2.15. The van der Waals surface area contributed by atoms with Crippen LogP contribution in [0.15, 0.2) is 36.9 Å². The zero-order chi connectivity index (χ0) is 17.1. The molecule has 2 aromatic heterocycles. The summed E-state index contributed by atoms with van der Waals surface area (Å²) in [7, 11) is 5.27. The number of imidazole rings is 1. The molecule has 0 amide bonds. The van der Waals surface area contributed by atoms with Gasteiger partial charge in [-0.15, -0.1) is 0 Å². The third-order valence-electron chi connectivity index (χ3n) is 4.14. The molecule has 3 rings (SSSR count). The van der Waals surface area contributed by atoms with Crippen molar-refractivity contribution in [3.8, 4) is 22.9 Å². The highest BCUT2D eigenvalue weighted by atomic mass is 16.5. The van der Waals surface area contributed by atoms with Crippen LogP contribution in [0, 0.1) is 6.92 Å². The minimum atomic E-state index is 0.795. The molecule has 0 N–H and O–H groups in total. The number of aromatic nitrogens is 4. The van der Waals surface area contributed by atoms with Crippen LogP contribution >= 0.6 is 0 Å². The molecule has 0 spiro atoms. The minimum Gasteiger partial charge on any atom is -0.496 e. The van der Waals surface area contributed by atoms with Crippen molar-refractivity contribution in [2.45, 2.75) is 19.9 Å². The van der Waals surface area contributed by atoms with Gasteiger partial charge in [-0.25, -0.2) is 4.98 Å². The molecule has 0 bridgehead atoms. The van der Waals surface area contributed by atoms with E-state index in [9.17, 15) is 0 Å². The van der Waals surface area contributed by atoms with E-state index in [4.69, 9.17) is 9.47 Å². The molecule has 3 aromatic rings. The largest absolute Gasteiger partial charge is 0.496 e. The molecule has 0 aliphatic carbocycles. The summed E-state index contributed by atoms with van der Waals surface area (Å²) in [5, 5.41) is 4.21. The van der Waals surface area contributed by atoms with Crippen molar-refractivity contribution >= 4 is 0 Å². The Labute approximate surface area is 141 Å². The summed E-state index contributed by atoms with van der Waals surface area (Å²) in [5.74, 6) is 2.49. The predicted octanol–water partition coefficient (Wildman–Crippen LogP) is 2.85. The van der Waals surface area contributed by atoms with Crippen molar-refractivity contribution in [1.82, 2.24) is 19.3 Å². The van der Waals surface area contributed by atoms with Gasteiger partial charge in [0, 0.05) is 37.7 Å². The lowest BCUT2D eigenvalue weighted by molar-refractivity contribution is 0.389. The third-order valence-corrected chi connectivity index (χ3v) is 4.14. The summed E-state index contributed by atoms with van der Waals surface area (Å²) in [6.45, 7) is 2.82. The number of benzene rings is 1. The molecule has 0 atom stereocenters. The second-order valence-corrected chi connectivity index (χ2v) is 5.69. The van der Waals surface area contributed by atoms with Gasteiger partial charge < -0.3 is 14.0 Å². The first-order chi connectivity index (χ1) is 11.6. The molecule has 0 saturated heterocycles. The Kier molecular flexibility index (Phi) is 4.55. The Hall–Kier alpha value is -2.76. The van der Waals surface area contributed by atoms with Crippen molar-refractivity contribution in [3.63, 3.8) is 0 Å². The van der Waals surface area contributed by atoms with Gasteiger partial charge in [-0.05, 0) is 31.0 Å². The van der Waals surface area contributed by atoms with Crippen molar-refractivity contribution < 1.29 is 9.47 Å². The van der Waals surface area contributed by atoms with Crippen LogP contribution in [0.1, 0.15) is 11.1 Å². The second-order valence-electron chi connectivity index (χ2n) is 5.69. The van der Waals surface area contributed by atoms with Gasteiger partial charge in [-0.1, -0.05) is 0 Å². The summed E-state index contributed by atoms with van der Waals surface area (Å²) in [5.41, 5.74) is 3.14. The quantitative estimate of drug-likeness (QED) is 0.699. The zero-order valence-electron chi connectivity index (χ0n) is 14.5. The first-order valence-electron chi connectivity index (χ1n) is 7.84. The molecule has 6 nitrogen and oxygen atoms in total. The fraction of sp³-hybridized carbons (Fsp3) is 0.333. The maximum absolute atomic E-state index is 5.62. The number of ether oxygens (including phenoxy) is 2. The number of hydrogen-bond acceptors (Lipinski definition) is 4. The SMILES string of the molecule is COc1ccc(-c2nccn2CCc2cnn(C)c2)c(OC)c1C. The smallest absolute Gasteiger partial charge is 0.143 e. The van der Waals surface area contributed by atoms with E-state index in [1.807, 2.05) is 55.6 Å². The highest BCUT2D eigenvalue weighted by Crippen LogP contribution is 2.37. The van der Waals surface area contributed by atoms with Crippen LogP contribution in [0.25, 0.3) is 11.4 Å². The van der Waals surface area contributed by atoms with E-state index in [1.165, 1.54) is 5.56 Å². The molecular weight excluding hydrogens is 304 g/mol. The molecule has 0 saturated carbocycles. The summed E-state index contributed by atoms with van der Waals surface area (Å²) in [4.78, 5) is 4.53. The monoisotopic (exact) mass is 326 g/mol. The average molecular weight is 326 g/mol. The van der Waals surface area contributed by atoms with Gasteiger partial charge in [0.1, 0.15) is 17.3 Å². The Balaban J connectivity index is 1.91. The van der Waals surface area contributed by atoms with E-state index >= 15 is 0 Å². The summed E-state index contributed by atoms with van der Waals surface area (Å²) in [6, 6.07) is 3.95. The molecule has 24 heavy (non-hydrogen) atoms. The third kappa shape index (κ3) is 2.99. The number of nitrogens with zero attached hydrogens (tertiary/aromatic N) is 4. The second kappa shape index (κ2) is 6.78. The van der Waals surface area contributed by atoms with Crippen LogP contribution in [0.5, 0.6) is 11.5 Å². The molecule has 0 aliphatic heterocycles. The van der Waals surface area contributed by atoms with Crippen LogP contribution < -0.4 is 9.47 Å². The van der Waals surface area contributed by atoms with Gasteiger partial charge in [-0.3, -0.25) is 4.68 Å². The highest BCUT2D eigenvalue weighted by Gasteiger charge is 2.16. The predicted molar refractivity (Wildman–Crippen MR) is 92.4 cm³/mol. The Bertz CT molecular complexity index is 835. The maximum atomic E-state index is 5.62. The number of rotatable bonds is 6. The molecule has 126 valence electrons. The van der Waals surface area contributed by atoms with E-state index in [0.717, 1.165) is 41.4 Å². The lowest BCUT2D eigenvalue weighted by atomic mass is 10.1. The molecule has 1 aromatic carbocycles. The van der Waals surface area contributed by atoms with Crippen LogP contribution in [-0.2, 0) is 20.0 Å². The van der Waals surface area contributed by atoms with Crippen molar-refractivity contribution in [2.75, 3.05) is 14.2 Å². The molecule has 0 fully saturated rings. The highest BCUT2D eigenvalue weighted by molar-refractivity contribution is 5.69. The van der Waals surface area contributed by atoms with E-state index in [1.54, 1.807) is 14.2 Å². The van der Waals surface area contributed by atoms with Gasteiger partial charge in [0.25, 0.3) is 0 Å². The molecular formula is C18H22N4O2. The van der Waals surface area contributed by atoms with Gasteiger partial charge >= 0.3 is 0 Å². The average Bonchev–Trinajstić information content (AvgIpc) is 3.21. The number of hydrogen-bond donors (Lipinski definition) is 0. The first kappa shape index (κ1) is 16.1.